The lowest BCUT2D eigenvalue weighted by molar-refractivity contribution is -0.121. The van der Waals surface area contributed by atoms with Crippen molar-refractivity contribution in [3.8, 4) is 0 Å². The van der Waals surface area contributed by atoms with Gasteiger partial charge in [0.1, 0.15) is 16.4 Å². The molecule has 5 rings (SSSR count). The second-order valence-corrected chi connectivity index (χ2v) is 9.74. The van der Waals surface area contributed by atoms with Crippen LogP contribution in [0.25, 0.3) is 11.0 Å². The fourth-order valence-corrected chi connectivity index (χ4v) is 5.79. The van der Waals surface area contributed by atoms with E-state index < -0.39 is 20.7 Å². The van der Waals surface area contributed by atoms with E-state index in [1.807, 2.05) is 18.2 Å². The van der Waals surface area contributed by atoms with Crippen molar-refractivity contribution in [1.82, 2.24) is 14.7 Å². The largest absolute Gasteiger partial charge is 0.451 e. The van der Waals surface area contributed by atoms with Crippen LogP contribution in [0.15, 0.2) is 53.2 Å². The minimum absolute atomic E-state index is 0.0875. The monoisotopic (exact) mass is 401 g/mol. The van der Waals surface area contributed by atoms with Crippen LogP contribution < -0.4 is 0 Å². The number of para-hydroxylation sites is 1. The highest BCUT2D eigenvalue weighted by molar-refractivity contribution is 7.92. The average molecular weight is 401 g/mol. The first-order chi connectivity index (χ1) is 13.4. The number of aromatic nitrogens is 2. The van der Waals surface area contributed by atoms with Crippen molar-refractivity contribution in [3.05, 3.63) is 54.6 Å². The molecule has 1 atom stereocenters. The predicted molar refractivity (Wildman–Crippen MR) is 101 cm³/mol. The maximum atomic E-state index is 12.7. The smallest absolute Gasteiger partial charge is 0.289 e. The number of hydrogen-bond donors (Lipinski definition) is 0. The second-order valence-electron chi connectivity index (χ2n) is 7.46. The summed E-state index contributed by atoms with van der Waals surface area (Å²) in [6.45, 7) is 0.870. The molecule has 9 heteroatoms. The number of sulfone groups is 1. The van der Waals surface area contributed by atoms with Crippen LogP contribution in [-0.4, -0.2) is 65.3 Å². The minimum atomic E-state index is -3.35. The number of carbonyl (C=O) groups is 1. The van der Waals surface area contributed by atoms with Crippen molar-refractivity contribution < 1.29 is 22.4 Å². The zero-order chi connectivity index (χ0) is 19.4. The zero-order valence-corrected chi connectivity index (χ0v) is 15.8. The number of amides is 1. The van der Waals surface area contributed by atoms with Crippen LogP contribution in [0.3, 0.4) is 0 Å². The van der Waals surface area contributed by atoms with E-state index in [9.17, 15) is 13.2 Å². The van der Waals surface area contributed by atoms with Gasteiger partial charge in [-0.05, 0) is 18.2 Å². The van der Waals surface area contributed by atoms with Crippen molar-refractivity contribution in [2.24, 2.45) is 0 Å². The summed E-state index contributed by atoms with van der Waals surface area (Å²) in [6.07, 6.45) is 3.35. The first-order valence-electron chi connectivity index (χ1n) is 9.05. The van der Waals surface area contributed by atoms with Gasteiger partial charge in [-0.3, -0.25) is 9.48 Å². The highest BCUT2D eigenvalue weighted by Crippen LogP contribution is 2.34. The van der Waals surface area contributed by atoms with Gasteiger partial charge in [-0.25, -0.2) is 8.42 Å². The van der Waals surface area contributed by atoms with Crippen molar-refractivity contribution in [2.45, 2.75) is 17.4 Å². The van der Waals surface area contributed by atoms with E-state index in [1.165, 1.54) is 0 Å². The fourth-order valence-electron chi connectivity index (χ4n) is 3.90. The van der Waals surface area contributed by atoms with Crippen LogP contribution in [0.1, 0.15) is 10.6 Å². The molecule has 1 aromatic carbocycles. The summed E-state index contributed by atoms with van der Waals surface area (Å²) in [6, 6.07) is 10.9. The fraction of sp³-hybridized carbons (Fsp3) is 0.368. The topological polar surface area (TPSA) is 94.6 Å². The lowest BCUT2D eigenvalue weighted by Gasteiger charge is -2.51. The van der Waals surface area contributed by atoms with Crippen molar-refractivity contribution in [2.75, 3.05) is 25.4 Å². The number of nitrogens with zero attached hydrogens (tertiary/aromatic N) is 3. The van der Waals surface area contributed by atoms with Crippen LogP contribution in [0, 0.1) is 0 Å². The van der Waals surface area contributed by atoms with Crippen LogP contribution in [0.4, 0.5) is 0 Å². The van der Waals surface area contributed by atoms with E-state index in [2.05, 4.69) is 5.10 Å². The van der Waals surface area contributed by atoms with Crippen LogP contribution in [0.5, 0.6) is 0 Å². The molecule has 0 saturated carbocycles. The van der Waals surface area contributed by atoms with Crippen LogP contribution in [-0.2, 0) is 21.1 Å². The van der Waals surface area contributed by atoms with E-state index in [0.717, 1.165) is 5.39 Å². The Hall–Kier alpha value is -2.65. The minimum Gasteiger partial charge on any atom is -0.451 e. The van der Waals surface area contributed by atoms with Gasteiger partial charge in [0.25, 0.3) is 5.91 Å². The third-order valence-corrected chi connectivity index (χ3v) is 7.61. The van der Waals surface area contributed by atoms with Gasteiger partial charge in [0.05, 0.1) is 32.0 Å². The quantitative estimate of drug-likeness (QED) is 0.657. The number of ether oxygens (including phenoxy) is 1. The summed E-state index contributed by atoms with van der Waals surface area (Å²) in [5, 5.41) is 4.30. The molecule has 4 heterocycles. The van der Waals surface area contributed by atoms with Gasteiger partial charge in [0.15, 0.2) is 15.6 Å². The predicted octanol–water partition coefficient (Wildman–Crippen LogP) is 1.34. The maximum Gasteiger partial charge on any atom is 0.289 e. The molecule has 8 nitrogen and oxygen atoms in total. The molecule has 1 spiro atoms. The van der Waals surface area contributed by atoms with Crippen LogP contribution in [0.2, 0.25) is 0 Å². The molecule has 3 aromatic rings. The molecule has 1 amide bonds. The van der Waals surface area contributed by atoms with E-state index in [1.54, 1.807) is 40.2 Å². The number of fused-ring (bicyclic) bond motifs is 1. The molecule has 146 valence electrons. The standard InChI is InChI=1S/C19H19N3O5S/c23-18(17-8-14-4-1-2-5-16(14)27-17)21-11-19(12-21)13-28(24,25)15(10-26-19)9-22-7-3-6-20-22/h1-8,15H,9-13H2/t15-/m0/s1. The number of likely N-dealkylation sites (tertiary alicyclic amines) is 1. The highest BCUT2D eigenvalue weighted by Gasteiger charge is 2.54. The van der Waals surface area contributed by atoms with E-state index in [4.69, 9.17) is 9.15 Å². The van der Waals surface area contributed by atoms with E-state index >= 15 is 0 Å². The van der Waals surface area contributed by atoms with Crippen LogP contribution >= 0.6 is 0 Å². The SMILES string of the molecule is O=C(c1cc2ccccc2o1)N1CC2(C1)CS(=O)(=O)[C@@H](Cn1cccn1)CO2. The Bertz CT molecular complexity index is 1100. The molecule has 2 saturated heterocycles. The van der Waals surface area contributed by atoms with E-state index in [0.29, 0.717) is 5.58 Å². The van der Waals surface area contributed by atoms with Crippen molar-refractivity contribution in [1.29, 1.82) is 0 Å². The molecule has 2 aliphatic rings. The summed E-state index contributed by atoms with van der Waals surface area (Å²) in [5.41, 5.74) is -0.166. The molecule has 2 aromatic heterocycles. The van der Waals surface area contributed by atoms with Gasteiger partial charge in [-0.15, -0.1) is 0 Å². The van der Waals surface area contributed by atoms with Gasteiger partial charge < -0.3 is 14.1 Å². The Balaban J connectivity index is 1.26. The average Bonchev–Trinajstić information content (AvgIpc) is 3.29. The van der Waals surface area contributed by atoms with Gasteiger partial charge >= 0.3 is 0 Å². The van der Waals surface area contributed by atoms with Gasteiger partial charge in [0.2, 0.25) is 0 Å². The Morgan fingerprint density at radius 1 is 1.25 bits per heavy atom. The van der Waals surface area contributed by atoms with Gasteiger partial charge in [-0.1, -0.05) is 18.2 Å². The molecule has 28 heavy (non-hydrogen) atoms. The zero-order valence-electron chi connectivity index (χ0n) is 15.0. The molecule has 0 unspecified atom stereocenters. The first-order valence-corrected chi connectivity index (χ1v) is 10.8. The molecule has 2 aliphatic heterocycles. The summed E-state index contributed by atoms with van der Waals surface area (Å²) < 4.78 is 38.6. The second kappa shape index (κ2) is 6.18. The number of furan rings is 1. The third-order valence-electron chi connectivity index (χ3n) is 5.38. The number of benzene rings is 1. The summed E-state index contributed by atoms with van der Waals surface area (Å²) in [7, 11) is -3.35. The first kappa shape index (κ1) is 17.4. The third kappa shape index (κ3) is 2.91. The lowest BCUT2D eigenvalue weighted by atomic mass is 9.95. The van der Waals surface area contributed by atoms with Crippen molar-refractivity contribution >= 4 is 26.7 Å². The molecule has 0 N–H and O–H groups in total. The molecular weight excluding hydrogens is 382 g/mol. The Morgan fingerprint density at radius 2 is 2.07 bits per heavy atom. The van der Waals surface area contributed by atoms with E-state index in [-0.39, 0.29) is 43.7 Å². The molecule has 0 bridgehead atoms. The lowest BCUT2D eigenvalue weighted by Crippen LogP contribution is -2.70. The number of hydrogen-bond acceptors (Lipinski definition) is 6. The summed E-state index contributed by atoms with van der Waals surface area (Å²) in [4.78, 5) is 14.2. The molecule has 2 fully saturated rings. The van der Waals surface area contributed by atoms with Gasteiger partial charge in [-0.2, -0.15) is 5.10 Å². The van der Waals surface area contributed by atoms with Crippen molar-refractivity contribution in [3.63, 3.8) is 0 Å². The number of carbonyl (C=O) groups excluding carboxylic acids is 1. The highest BCUT2D eigenvalue weighted by atomic mass is 32.2. The Labute approximate surface area is 161 Å². The Kier molecular flexibility index (Phi) is 3.85. The molecule has 0 aliphatic carbocycles. The summed E-state index contributed by atoms with van der Waals surface area (Å²) in [5.74, 6) is -0.0803. The Morgan fingerprint density at radius 3 is 2.79 bits per heavy atom. The maximum absolute atomic E-state index is 12.7. The molecule has 0 radical (unpaired) electrons. The van der Waals surface area contributed by atoms with Gasteiger partial charge in [0, 0.05) is 17.8 Å². The molecular formula is C19H19N3O5S. The normalized spacial score (nSPS) is 23.0. The number of rotatable bonds is 3. The summed E-state index contributed by atoms with van der Waals surface area (Å²) >= 11 is 0.